The lowest BCUT2D eigenvalue weighted by atomic mass is 10.1. The number of primary amides is 1. The molecule has 4 nitrogen and oxygen atoms in total. The quantitative estimate of drug-likeness (QED) is 0.903. The van der Waals surface area contributed by atoms with E-state index in [1.807, 2.05) is 6.07 Å². The fourth-order valence-electron chi connectivity index (χ4n) is 2.45. The fraction of sp³-hybridized carbons (Fsp3) is 0.533. The molecule has 0 spiro atoms. The molecule has 1 amide bonds. The summed E-state index contributed by atoms with van der Waals surface area (Å²) < 4.78 is 5.98. The van der Waals surface area contributed by atoms with E-state index in [2.05, 4.69) is 18.7 Å². The van der Waals surface area contributed by atoms with E-state index < -0.39 is 5.91 Å². The van der Waals surface area contributed by atoms with Crippen molar-refractivity contribution >= 4 is 5.91 Å². The molecule has 1 aromatic rings. The molecule has 4 heteroatoms. The molecule has 1 aromatic carbocycles. The van der Waals surface area contributed by atoms with Crippen LogP contribution in [0.5, 0.6) is 5.75 Å². The molecule has 1 fully saturated rings. The zero-order valence-corrected chi connectivity index (χ0v) is 11.6. The Bertz CT molecular complexity index is 446. The normalized spacial score (nSPS) is 20.5. The van der Waals surface area contributed by atoms with Crippen LogP contribution in [0.15, 0.2) is 24.3 Å². The van der Waals surface area contributed by atoms with E-state index >= 15 is 0 Å². The van der Waals surface area contributed by atoms with Crippen LogP contribution in [-0.2, 0) is 0 Å². The summed E-state index contributed by atoms with van der Waals surface area (Å²) in [5, 5.41) is 0. The Morgan fingerprint density at radius 1 is 1.47 bits per heavy atom. The molecule has 1 heterocycles. The molecule has 104 valence electrons. The van der Waals surface area contributed by atoms with Gasteiger partial charge in [0.05, 0.1) is 0 Å². The molecular formula is C15H22N2O2. The number of hydrogen-bond acceptors (Lipinski definition) is 3. The Morgan fingerprint density at radius 3 is 2.95 bits per heavy atom. The summed E-state index contributed by atoms with van der Waals surface area (Å²) >= 11 is 0. The van der Waals surface area contributed by atoms with Crippen LogP contribution in [-0.4, -0.2) is 36.0 Å². The van der Waals surface area contributed by atoms with Crippen LogP contribution in [0.3, 0.4) is 0 Å². The third kappa shape index (κ3) is 3.70. The number of amides is 1. The van der Waals surface area contributed by atoms with Crippen molar-refractivity contribution in [1.82, 2.24) is 4.90 Å². The molecule has 1 unspecified atom stereocenters. The average molecular weight is 262 g/mol. The standard InChI is InChI=1S/C15H22N2O2/c1-11(2)17-8-4-7-14(10-17)19-13-6-3-5-12(9-13)15(16)18/h3,5-6,9,11,14H,4,7-8,10H2,1-2H3,(H2,16,18). The minimum absolute atomic E-state index is 0.194. The van der Waals surface area contributed by atoms with Crippen LogP contribution in [0.4, 0.5) is 0 Å². The van der Waals surface area contributed by atoms with Crippen LogP contribution in [0.1, 0.15) is 37.0 Å². The van der Waals surface area contributed by atoms with Gasteiger partial charge in [-0.05, 0) is 51.4 Å². The number of nitrogens with two attached hydrogens (primary N) is 1. The lowest BCUT2D eigenvalue weighted by molar-refractivity contribution is 0.0705. The first kappa shape index (κ1) is 13.9. The minimum atomic E-state index is -0.419. The number of piperidine rings is 1. The smallest absolute Gasteiger partial charge is 0.248 e. The third-order valence-corrected chi connectivity index (χ3v) is 3.56. The van der Waals surface area contributed by atoms with Gasteiger partial charge < -0.3 is 10.5 Å². The molecule has 0 bridgehead atoms. The number of benzene rings is 1. The summed E-state index contributed by atoms with van der Waals surface area (Å²) in [6.07, 6.45) is 2.40. The minimum Gasteiger partial charge on any atom is -0.489 e. The molecule has 0 saturated carbocycles. The second-order valence-electron chi connectivity index (χ2n) is 5.36. The maximum Gasteiger partial charge on any atom is 0.248 e. The first-order valence-corrected chi connectivity index (χ1v) is 6.87. The Labute approximate surface area is 114 Å². The molecule has 2 rings (SSSR count). The number of likely N-dealkylation sites (tertiary alicyclic amines) is 1. The van der Waals surface area contributed by atoms with Crippen LogP contribution in [0, 0.1) is 0 Å². The van der Waals surface area contributed by atoms with Gasteiger partial charge in [0.25, 0.3) is 0 Å². The van der Waals surface area contributed by atoms with Crippen molar-refractivity contribution in [2.24, 2.45) is 5.73 Å². The first-order chi connectivity index (χ1) is 9.06. The number of carbonyl (C=O) groups is 1. The van der Waals surface area contributed by atoms with Gasteiger partial charge in [0.15, 0.2) is 0 Å². The molecule has 1 aliphatic heterocycles. The number of rotatable bonds is 4. The van der Waals surface area contributed by atoms with E-state index in [1.165, 1.54) is 0 Å². The van der Waals surface area contributed by atoms with E-state index in [-0.39, 0.29) is 6.10 Å². The van der Waals surface area contributed by atoms with E-state index in [4.69, 9.17) is 10.5 Å². The maximum atomic E-state index is 11.1. The van der Waals surface area contributed by atoms with Crippen molar-refractivity contribution in [2.45, 2.75) is 38.8 Å². The number of hydrogen-bond donors (Lipinski definition) is 1. The van der Waals surface area contributed by atoms with Crippen molar-refractivity contribution in [3.05, 3.63) is 29.8 Å². The Hall–Kier alpha value is -1.55. The second-order valence-corrected chi connectivity index (χ2v) is 5.36. The highest BCUT2D eigenvalue weighted by atomic mass is 16.5. The monoisotopic (exact) mass is 262 g/mol. The molecule has 0 aromatic heterocycles. The highest BCUT2D eigenvalue weighted by Gasteiger charge is 2.22. The largest absolute Gasteiger partial charge is 0.489 e. The summed E-state index contributed by atoms with van der Waals surface area (Å²) in [4.78, 5) is 13.6. The Balaban J connectivity index is 2.00. The predicted octanol–water partition coefficient (Wildman–Crippen LogP) is 2.04. The van der Waals surface area contributed by atoms with E-state index in [0.29, 0.717) is 11.6 Å². The van der Waals surface area contributed by atoms with Crippen LogP contribution in [0.25, 0.3) is 0 Å². The molecule has 1 atom stereocenters. The third-order valence-electron chi connectivity index (χ3n) is 3.56. The molecule has 2 N–H and O–H groups in total. The summed E-state index contributed by atoms with van der Waals surface area (Å²) in [6.45, 7) is 6.49. The van der Waals surface area contributed by atoms with Crippen molar-refractivity contribution in [3.63, 3.8) is 0 Å². The van der Waals surface area contributed by atoms with Crippen molar-refractivity contribution in [1.29, 1.82) is 0 Å². The average Bonchev–Trinajstić information content (AvgIpc) is 2.39. The van der Waals surface area contributed by atoms with Crippen LogP contribution in [0.2, 0.25) is 0 Å². The predicted molar refractivity (Wildman–Crippen MR) is 75.3 cm³/mol. The fourth-order valence-corrected chi connectivity index (χ4v) is 2.45. The molecule has 19 heavy (non-hydrogen) atoms. The van der Waals surface area contributed by atoms with Gasteiger partial charge >= 0.3 is 0 Å². The second kappa shape index (κ2) is 6.06. The highest BCUT2D eigenvalue weighted by molar-refractivity contribution is 5.93. The van der Waals surface area contributed by atoms with Gasteiger partial charge in [0, 0.05) is 18.2 Å². The Kier molecular flexibility index (Phi) is 4.43. The van der Waals surface area contributed by atoms with Crippen LogP contribution >= 0.6 is 0 Å². The molecular weight excluding hydrogens is 240 g/mol. The number of ether oxygens (including phenoxy) is 1. The van der Waals surface area contributed by atoms with Crippen molar-refractivity contribution in [3.8, 4) is 5.75 Å². The SMILES string of the molecule is CC(C)N1CCCC(Oc2cccc(C(N)=O)c2)C1. The lowest BCUT2D eigenvalue weighted by Gasteiger charge is -2.35. The van der Waals surface area contributed by atoms with Gasteiger partial charge in [-0.25, -0.2) is 0 Å². The first-order valence-electron chi connectivity index (χ1n) is 6.87. The lowest BCUT2D eigenvalue weighted by Crippen LogP contribution is -2.44. The van der Waals surface area contributed by atoms with E-state index in [1.54, 1.807) is 18.2 Å². The van der Waals surface area contributed by atoms with Gasteiger partial charge in [-0.15, -0.1) is 0 Å². The van der Waals surface area contributed by atoms with Gasteiger partial charge in [-0.1, -0.05) is 6.07 Å². The van der Waals surface area contributed by atoms with Gasteiger partial charge in [0.1, 0.15) is 11.9 Å². The summed E-state index contributed by atoms with van der Waals surface area (Å²) in [5.74, 6) is 0.310. The molecule has 1 aliphatic rings. The highest BCUT2D eigenvalue weighted by Crippen LogP contribution is 2.20. The van der Waals surface area contributed by atoms with Crippen LogP contribution < -0.4 is 10.5 Å². The van der Waals surface area contributed by atoms with Gasteiger partial charge in [0.2, 0.25) is 5.91 Å². The molecule has 0 radical (unpaired) electrons. The van der Waals surface area contributed by atoms with Crippen molar-refractivity contribution < 1.29 is 9.53 Å². The summed E-state index contributed by atoms with van der Waals surface area (Å²) in [6, 6.07) is 7.65. The zero-order chi connectivity index (χ0) is 13.8. The van der Waals surface area contributed by atoms with Crippen molar-refractivity contribution in [2.75, 3.05) is 13.1 Å². The summed E-state index contributed by atoms with van der Waals surface area (Å²) in [5.41, 5.74) is 5.77. The van der Waals surface area contributed by atoms with E-state index in [0.717, 1.165) is 31.7 Å². The number of carbonyl (C=O) groups excluding carboxylic acids is 1. The topological polar surface area (TPSA) is 55.6 Å². The van der Waals surface area contributed by atoms with E-state index in [9.17, 15) is 4.79 Å². The molecule has 1 saturated heterocycles. The summed E-state index contributed by atoms with van der Waals surface area (Å²) in [7, 11) is 0. The maximum absolute atomic E-state index is 11.1. The molecule has 0 aliphatic carbocycles. The number of nitrogens with zero attached hydrogens (tertiary/aromatic N) is 1. The zero-order valence-electron chi connectivity index (χ0n) is 11.6. The van der Waals surface area contributed by atoms with Gasteiger partial charge in [-0.2, -0.15) is 0 Å². The van der Waals surface area contributed by atoms with Gasteiger partial charge in [-0.3, -0.25) is 9.69 Å². The Morgan fingerprint density at radius 2 is 2.26 bits per heavy atom.